The zero-order valence-corrected chi connectivity index (χ0v) is 34.8. The van der Waals surface area contributed by atoms with E-state index in [1.165, 1.54) is 62.9 Å². The Labute approximate surface area is 368 Å². The van der Waals surface area contributed by atoms with Gasteiger partial charge in [-0.2, -0.15) is 0 Å². The number of nitrogens with zero attached hydrogens (tertiary/aromatic N) is 3. The average Bonchev–Trinajstić information content (AvgIpc) is 3.74. The Bertz CT molecular complexity index is 3270. The number of anilines is 9. The van der Waals surface area contributed by atoms with Gasteiger partial charge in [0, 0.05) is 50.5 Å². The number of furan rings is 1. The molecule has 13 rings (SSSR count). The minimum absolute atomic E-state index is 0.0206. The van der Waals surface area contributed by atoms with Crippen molar-refractivity contribution in [3.8, 4) is 11.1 Å². The highest BCUT2D eigenvalue weighted by molar-refractivity contribution is 7.00. The van der Waals surface area contributed by atoms with Crippen LogP contribution in [0.4, 0.5) is 51.2 Å². The van der Waals surface area contributed by atoms with Gasteiger partial charge in [-0.3, -0.25) is 0 Å². The summed E-state index contributed by atoms with van der Waals surface area (Å²) in [6.07, 6.45) is 4.56. The van der Waals surface area contributed by atoms with Crippen LogP contribution in [0.5, 0.6) is 0 Å². The lowest BCUT2D eigenvalue weighted by Crippen LogP contribution is -2.61. The molecule has 0 amide bonds. The van der Waals surface area contributed by atoms with Crippen molar-refractivity contribution in [2.75, 3.05) is 14.7 Å². The lowest BCUT2D eigenvalue weighted by molar-refractivity contribution is 0.669. The molecule has 1 aromatic heterocycles. The van der Waals surface area contributed by atoms with Crippen molar-refractivity contribution in [1.29, 1.82) is 0 Å². The molecule has 10 aromatic rings. The lowest BCUT2D eigenvalue weighted by Gasteiger charge is -2.45. The maximum absolute atomic E-state index is 6.97. The molecule has 0 bridgehead atoms. The molecule has 1 aliphatic carbocycles. The Morgan fingerprint density at radius 2 is 0.984 bits per heavy atom. The van der Waals surface area contributed by atoms with Gasteiger partial charge in [-0.25, -0.2) is 0 Å². The number of benzene rings is 9. The van der Waals surface area contributed by atoms with E-state index in [2.05, 4.69) is 221 Å². The second kappa shape index (κ2) is 14.4. The summed E-state index contributed by atoms with van der Waals surface area (Å²) in [5.41, 5.74) is 21.1. The molecule has 9 aromatic carbocycles. The fourth-order valence-corrected chi connectivity index (χ4v) is 10.8. The molecule has 0 radical (unpaired) electrons. The first kappa shape index (κ1) is 35.9. The monoisotopic (exact) mass is 807 g/mol. The quantitative estimate of drug-likeness (QED) is 0.156. The molecule has 0 atom stereocenters. The summed E-state index contributed by atoms with van der Waals surface area (Å²) in [6.45, 7) is 0.0206. The van der Waals surface area contributed by atoms with Gasteiger partial charge < -0.3 is 19.1 Å². The van der Waals surface area contributed by atoms with E-state index in [4.69, 9.17) is 4.42 Å². The van der Waals surface area contributed by atoms with Crippen LogP contribution in [-0.4, -0.2) is 6.71 Å². The average molecular weight is 808 g/mol. The van der Waals surface area contributed by atoms with Gasteiger partial charge in [0.25, 0.3) is 6.71 Å². The van der Waals surface area contributed by atoms with Crippen molar-refractivity contribution in [2.45, 2.75) is 25.7 Å². The van der Waals surface area contributed by atoms with Crippen LogP contribution in [0.15, 0.2) is 211 Å². The van der Waals surface area contributed by atoms with Gasteiger partial charge in [-0.15, -0.1) is 0 Å². The second-order valence-electron chi connectivity index (χ2n) is 17.1. The van der Waals surface area contributed by atoms with Crippen LogP contribution in [0.1, 0.15) is 24.0 Å². The lowest BCUT2D eigenvalue weighted by atomic mass is 9.33. The Balaban J connectivity index is 1.18. The molecule has 4 nitrogen and oxygen atoms in total. The highest BCUT2D eigenvalue weighted by Crippen LogP contribution is 2.51. The molecule has 0 spiro atoms. The zero-order chi connectivity index (χ0) is 41.4. The van der Waals surface area contributed by atoms with Crippen LogP contribution < -0.4 is 31.1 Å². The Kier molecular flexibility index (Phi) is 8.23. The van der Waals surface area contributed by atoms with E-state index in [9.17, 15) is 0 Å². The van der Waals surface area contributed by atoms with Gasteiger partial charge in [0.1, 0.15) is 5.58 Å². The molecular formula is C58H42BN3O. The van der Waals surface area contributed by atoms with Crippen molar-refractivity contribution in [1.82, 2.24) is 0 Å². The van der Waals surface area contributed by atoms with Gasteiger partial charge in [-0.1, -0.05) is 133 Å². The van der Waals surface area contributed by atoms with Crippen LogP contribution in [0.2, 0.25) is 0 Å². The predicted molar refractivity (Wildman–Crippen MR) is 265 cm³/mol. The van der Waals surface area contributed by atoms with Crippen LogP contribution in [-0.2, 0) is 12.8 Å². The fraction of sp³-hybridized carbons (Fsp3) is 0.0690. The van der Waals surface area contributed by atoms with E-state index in [1.54, 1.807) is 0 Å². The predicted octanol–water partition coefficient (Wildman–Crippen LogP) is 13.7. The first-order chi connectivity index (χ1) is 31.3. The third-order valence-corrected chi connectivity index (χ3v) is 13.6. The molecule has 298 valence electrons. The highest BCUT2D eigenvalue weighted by atomic mass is 16.3. The fourth-order valence-electron chi connectivity index (χ4n) is 10.8. The van der Waals surface area contributed by atoms with Crippen molar-refractivity contribution < 1.29 is 4.42 Å². The SMILES string of the molecule is c1ccc(-c2cc3c(cc2N(c2cc4c5c(c2)N(c2ccccc2)c2ccccc2B5c2ccccc2N4c2ccccc2)c2cccc4c2oc2ccccc24)CCCC3)cc1. The molecule has 0 N–H and O–H groups in total. The largest absolute Gasteiger partial charge is 0.454 e. The van der Waals surface area contributed by atoms with Crippen LogP contribution in [0, 0.1) is 0 Å². The molecule has 0 saturated heterocycles. The first-order valence-corrected chi connectivity index (χ1v) is 22.3. The van der Waals surface area contributed by atoms with Crippen molar-refractivity contribution >= 4 is 96.2 Å². The summed E-state index contributed by atoms with van der Waals surface area (Å²) < 4.78 is 6.97. The van der Waals surface area contributed by atoms with Crippen LogP contribution in [0.3, 0.4) is 0 Å². The molecule has 0 fully saturated rings. The first-order valence-electron chi connectivity index (χ1n) is 22.3. The van der Waals surface area contributed by atoms with Gasteiger partial charge in [0.15, 0.2) is 5.58 Å². The summed E-state index contributed by atoms with van der Waals surface area (Å²) >= 11 is 0. The molecule has 3 heterocycles. The van der Waals surface area contributed by atoms with Gasteiger partial charge in [0.05, 0.1) is 17.1 Å². The number of hydrogen-bond donors (Lipinski definition) is 0. The number of para-hydroxylation sites is 6. The summed E-state index contributed by atoms with van der Waals surface area (Å²) in [6, 6.07) is 75.8. The molecule has 0 unspecified atom stereocenters. The Morgan fingerprint density at radius 1 is 0.444 bits per heavy atom. The molecule has 5 heteroatoms. The van der Waals surface area contributed by atoms with Gasteiger partial charge in [-0.05, 0) is 132 Å². The standard InChI is InChI=1S/C58H42BN3O/c1-4-19-39(20-5-1)47-35-40-21-10-11-22-41(40)36-53(47)62(52-33-18-28-46-45-27-12-17-34-56(45)63-58(46)52)44-37-54-57-55(38-44)61(43-25-8-3-9-26-43)51-32-16-14-30-49(51)59(57)48-29-13-15-31-50(48)60(54)42-23-6-2-7-24-42/h1-9,12-20,23-38H,10-11,21-22H2. The van der Waals surface area contributed by atoms with E-state index in [0.717, 1.165) is 74.6 Å². The molecular weight excluding hydrogens is 765 g/mol. The van der Waals surface area contributed by atoms with Crippen molar-refractivity contribution in [3.05, 3.63) is 217 Å². The Morgan fingerprint density at radius 3 is 1.63 bits per heavy atom. The summed E-state index contributed by atoms with van der Waals surface area (Å²) in [5.74, 6) is 0. The zero-order valence-electron chi connectivity index (χ0n) is 34.8. The Hall–Kier alpha value is -7.76. The summed E-state index contributed by atoms with van der Waals surface area (Å²) in [4.78, 5) is 7.51. The van der Waals surface area contributed by atoms with E-state index < -0.39 is 0 Å². The number of rotatable bonds is 6. The topological polar surface area (TPSA) is 22.9 Å². The van der Waals surface area contributed by atoms with E-state index in [-0.39, 0.29) is 6.71 Å². The molecule has 0 saturated carbocycles. The second-order valence-corrected chi connectivity index (χ2v) is 17.1. The number of fused-ring (bicyclic) bond motifs is 8. The van der Waals surface area contributed by atoms with Crippen molar-refractivity contribution in [2.24, 2.45) is 0 Å². The molecule has 63 heavy (non-hydrogen) atoms. The summed E-state index contributed by atoms with van der Waals surface area (Å²) in [5, 5.41) is 2.22. The third kappa shape index (κ3) is 5.62. The maximum atomic E-state index is 6.97. The van der Waals surface area contributed by atoms with Crippen molar-refractivity contribution in [3.63, 3.8) is 0 Å². The number of aryl methyl sites for hydroxylation is 2. The number of hydrogen-bond acceptors (Lipinski definition) is 4. The maximum Gasteiger partial charge on any atom is 0.252 e. The normalized spacial score (nSPS) is 13.7. The highest BCUT2D eigenvalue weighted by Gasteiger charge is 2.44. The van der Waals surface area contributed by atoms with Crippen LogP contribution >= 0.6 is 0 Å². The van der Waals surface area contributed by atoms with Gasteiger partial charge >= 0.3 is 0 Å². The molecule has 2 aliphatic heterocycles. The van der Waals surface area contributed by atoms with Gasteiger partial charge in [0.2, 0.25) is 0 Å². The minimum Gasteiger partial charge on any atom is -0.454 e. The molecule has 3 aliphatic rings. The van der Waals surface area contributed by atoms with E-state index in [0.29, 0.717) is 0 Å². The van der Waals surface area contributed by atoms with Crippen LogP contribution in [0.25, 0.3) is 33.1 Å². The third-order valence-electron chi connectivity index (χ3n) is 13.6. The minimum atomic E-state index is 0.0206. The van der Waals surface area contributed by atoms with E-state index >= 15 is 0 Å². The summed E-state index contributed by atoms with van der Waals surface area (Å²) in [7, 11) is 0. The van der Waals surface area contributed by atoms with E-state index in [1.807, 2.05) is 0 Å². The smallest absolute Gasteiger partial charge is 0.252 e.